The van der Waals surface area contributed by atoms with Crippen molar-refractivity contribution in [2.75, 3.05) is 0 Å². The molecule has 1 aliphatic carbocycles. The molecule has 1 aromatic carbocycles. The Morgan fingerprint density at radius 1 is 1.31 bits per heavy atom. The van der Waals surface area contributed by atoms with Gasteiger partial charge in [-0.15, -0.1) is 0 Å². The lowest BCUT2D eigenvalue weighted by Crippen LogP contribution is -2.16. The van der Waals surface area contributed by atoms with Crippen LogP contribution in [0, 0.1) is 19.8 Å². The fraction of sp³-hybridized carbons (Fsp3) is 0.500. The molecule has 0 aliphatic heterocycles. The molecule has 1 aliphatic rings. The number of primary amides is 1. The summed E-state index contributed by atoms with van der Waals surface area (Å²) < 4.78 is 0. The Hall–Kier alpha value is -1.31. The minimum absolute atomic E-state index is 0.184. The van der Waals surface area contributed by atoms with Crippen LogP contribution in [-0.2, 0) is 4.79 Å². The summed E-state index contributed by atoms with van der Waals surface area (Å²) in [6, 6.07) is 6.55. The molecule has 1 amide bonds. The second kappa shape index (κ2) is 4.28. The lowest BCUT2D eigenvalue weighted by molar-refractivity contribution is -0.118. The quantitative estimate of drug-likeness (QED) is 0.827. The number of carbonyl (C=O) groups is 1. The van der Waals surface area contributed by atoms with Gasteiger partial charge in [0, 0.05) is 6.42 Å². The van der Waals surface area contributed by atoms with Crippen molar-refractivity contribution in [1.82, 2.24) is 0 Å². The third-order valence-corrected chi connectivity index (χ3v) is 3.28. The second-order valence-corrected chi connectivity index (χ2v) is 5.04. The standard InChI is InChI=1S/C14H19NO/c1-9-5-10(2)7-12(6-9)13(8-14(15)16)11-3-4-11/h5-7,11,13H,3-4,8H2,1-2H3,(H2,15,16). The highest BCUT2D eigenvalue weighted by Gasteiger charge is 2.33. The van der Waals surface area contributed by atoms with Gasteiger partial charge in [-0.25, -0.2) is 0 Å². The van der Waals surface area contributed by atoms with Crippen LogP contribution in [0.5, 0.6) is 0 Å². The maximum absolute atomic E-state index is 11.1. The molecule has 2 nitrogen and oxygen atoms in total. The lowest BCUT2D eigenvalue weighted by atomic mass is 9.89. The van der Waals surface area contributed by atoms with E-state index in [4.69, 9.17) is 5.73 Å². The van der Waals surface area contributed by atoms with Crippen LogP contribution in [-0.4, -0.2) is 5.91 Å². The van der Waals surface area contributed by atoms with Crippen LogP contribution in [0.1, 0.15) is 41.9 Å². The predicted molar refractivity (Wildman–Crippen MR) is 65.2 cm³/mol. The molecule has 2 heteroatoms. The van der Waals surface area contributed by atoms with Crippen LogP contribution in [0.3, 0.4) is 0 Å². The highest BCUT2D eigenvalue weighted by Crippen LogP contribution is 2.44. The van der Waals surface area contributed by atoms with E-state index in [0.29, 0.717) is 18.3 Å². The fourth-order valence-corrected chi connectivity index (χ4v) is 2.50. The van der Waals surface area contributed by atoms with E-state index in [0.717, 1.165) is 0 Å². The van der Waals surface area contributed by atoms with Crippen molar-refractivity contribution in [2.45, 2.75) is 39.0 Å². The summed E-state index contributed by atoms with van der Waals surface area (Å²) in [7, 11) is 0. The van der Waals surface area contributed by atoms with E-state index in [1.807, 2.05) is 0 Å². The summed E-state index contributed by atoms with van der Waals surface area (Å²) >= 11 is 0. The van der Waals surface area contributed by atoms with Crippen molar-refractivity contribution >= 4 is 5.91 Å². The largest absolute Gasteiger partial charge is 0.370 e. The van der Waals surface area contributed by atoms with E-state index < -0.39 is 0 Å². The average molecular weight is 217 g/mol. The molecule has 2 N–H and O–H groups in total. The summed E-state index contributed by atoms with van der Waals surface area (Å²) in [5.41, 5.74) is 9.16. The van der Waals surface area contributed by atoms with Crippen LogP contribution in [0.15, 0.2) is 18.2 Å². The highest BCUT2D eigenvalue weighted by molar-refractivity contribution is 5.75. The van der Waals surface area contributed by atoms with Crippen molar-refractivity contribution in [2.24, 2.45) is 11.7 Å². The van der Waals surface area contributed by atoms with Crippen LogP contribution in [0.25, 0.3) is 0 Å². The number of hydrogen-bond donors (Lipinski definition) is 1. The first kappa shape index (κ1) is 11.2. The number of hydrogen-bond acceptors (Lipinski definition) is 1. The molecule has 0 heterocycles. The van der Waals surface area contributed by atoms with Gasteiger partial charge in [0.1, 0.15) is 0 Å². The van der Waals surface area contributed by atoms with Crippen LogP contribution >= 0.6 is 0 Å². The Morgan fingerprint density at radius 2 is 1.88 bits per heavy atom. The predicted octanol–water partition coefficient (Wildman–Crippen LogP) is 2.67. The smallest absolute Gasteiger partial charge is 0.218 e. The van der Waals surface area contributed by atoms with Crippen molar-refractivity contribution in [3.8, 4) is 0 Å². The first-order valence-corrected chi connectivity index (χ1v) is 5.93. The Labute approximate surface area is 96.8 Å². The molecule has 86 valence electrons. The van der Waals surface area contributed by atoms with E-state index in [1.165, 1.54) is 29.5 Å². The van der Waals surface area contributed by atoms with Gasteiger partial charge in [0.25, 0.3) is 0 Å². The summed E-state index contributed by atoms with van der Waals surface area (Å²) in [6.07, 6.45) is 2.98. The van der Waals surface area contributed by atoms with Gasteiger partial charge in [-0.1, -0.05) is 29.3 Å². The summed E-state index contributed by atoms with van der Waals surface area (Å²) in [5, 5.41) is 0. The summed E-state index contributed by atoms with van der Waals surface area (Å²) in [6.45, 7) is 4.20. The molecule has 0 spiro atoms. The van der Waals surface area contributed by atoms with E-state index in [-0.39, 0.29) is 5.91 Å². The zero-order chi connectivity index (χ0) is 11.7. The van der Waals surface area contributed by atoms with Gasteiger partial charge in [0.05, 0.1) is 0 Å². The molecule has 0 saturated heterocycles. The molecule has 1 atom stereocenters. The third kappa shape index (κ3) is 2.63. The zero-order valence-corrected chi connectivity index (χ0v) is 9.99. The second-order valence-electron chi connectivity index (χ2n) is 5.04. The zero-order valence-electron chi connectivity index (χ0n) is 9.99. The summed E-state index contributed by atoms with van der Waals surface area (Å²) in [4.78, 5) is 11.1. The van der Waals surface area contributed by atoms with Crippen molar-refractivity contribution in [3.63, 3.8) is 0 Å². The minimum atomic E-state index is -0.184. The molecule has 0 radical (unpaired) electrons. The van der Waals surface area contributed by atoms with E-state index >= 15 is 0 Å². The molecule has 0 bridgehead atoms. The number of aryl methyl sites for hydroxylation is 2. The third-order valence-electron chi connectivity index (χ3n) is 3.28. The first-order valence-electron chi connectivity index (χ1n) is 5.93. The topological polar surface area (TPSA) is 43.1 Å². The molecule has 2 rings (SSSR count). The van der Waals surface area contributed by atoms with Gasteiger partial charge >= 0.3 is 0 Å². The Balaban J connectivity index is 2.26. The van der Waals surface area contributed by atoms with Crippen LogP contribution in [0.2, 0.25) is 0 Å². The number of rotatable bonds is 4. The van der Waals surface area contributed by atoms with E-state index in [1.54, 1.807) is 0 Å². The van der Waals surface area contributed by atoms with Gasteiger partial charge in [-0.3, -0.25) is 4.79 Å². The maximum atomic E-state index is 11.1. The van der Waals surface area contributed by atoms with Crippen LogP contribution in [0.4, 0.5) is 0 Å². The van der Waals surface area contributed by atoms with Crippen LogP contribution < -0.4 is 5.73 Å². The number of amides is 1. The van der Waals surface area contributed by atoms with Crippen molar-refractivity contribution < 1.29 is 4.79 Å². The minimum Gasteiger partial charge on any atom is -0.370 e. The Morgan fingerprint density at radius 3 is 2.31 bits per heavy atom. The molecule has 16 heavy (non-hydrogen) atoms. The van der Waals surface area contributed by atoms with Crippen molar-refractivity contribution in [1.29, 1.82) is 0 Å². The molecule has 1 saturated carbocycles. The molecule has 0 aromatic heterocycles. The molecular weight excluding hydrogens is 198 g/mol. The van der Waals surface area contributed by atoms with Gasteiger partial charge in [0.15, 0.2) is 0 Å². The van der Waals surface area contributed by atoms with Gasteiger partial charge in [-0.2, -0.15) is 0 Å². The number of nitrogens with two attached hydrogens (primary N) is 1. The maximum Gasteiger partial charge on any atom is 0.218 e. The number of benzene rings is 1. The molecule has 1 fully saturated rings. The number of carbonyl (C=O) groups excluding carboxylic acids is 1. The van der Waals surface area contributed by atoms with E-state index in [2.05, 4.69) is 32.0 Å². The Bertz CT molecular complexity index is 387. The highest BCUT2D eigenvalue weighted by atomic mass is 16.1. The first-order chi connectivity index (χ1) is 7.56. The molecule has 1 aromatic rings. The molecule has 1 unspecified atom stereocenters. The SMILES string of the molecule is Cc1cc(C)cc(C(CC(N)=O)C2CC2)c1. The van der Waals surface area contributed by atoms with Gasteiger partial charge in [0.2, 0.25) is 5.91 Å². The molecular formula is C14H19NO. The summed E-state index contributed by atoms with van der Waals surface area (Å²) in [5.74, 6) is 0.834. The fourth-order valence-electron chi connectivity index (χ4n) is 2.50. The normalized spacial score (nSPS) is 17.1. The van der Waals surface area contributed by atoms with E-state index in [9.17, 15) is 4.79 Å². The Kier molecular flexibility index (Phi) is 2.99. The lowest BCUT2D eigenvalue weighted by Gasteiger charge is -2.16. The van der Waals surface area contributed by atoms with Gasteiger partial charge in [-0.05, 0) is 44.1 Å². The monoisotopic (exact) mass is 217 g/mol. The average Bonchev–Trinajstić information content (AvgIpc) is 2.95. The van der Waals surface area contributed by atoms with Crippen molar-refractivity contribution in [3.05, 3.63) is 34.9 Å². The van der Waals surface area contributed by atoms with Gasteiger partial charge < -0.3 is 5.73 Å².